The van der Waals surface area contributed by atoms with E-state index in [1.807, 2.05) is 0 Å². The Bertz CT molecular complexity index is 3690. The summed E-state index contributed by atoms with van der Waals surface area (Å²) in [6.45, 7) is 4.79. The van der Waals surface area contributed by atoms with Crippen molar-refractivity contribution in [3.63, 3.8) is 0 Å². The van der Waals surface area contributed by atoms with E-state index in [0.29, 0.717) is 0 Å². The standard InChI is InChI=1S/C65H46N2/c1-65(2)59-40-50(52-39-51-22-21-49-19-12-20-61-63(49)64(51)62(41-52)67(61)55-34-27-48(28-35-55)45-17-10-5-11-18-45)29-37-57(59)58-38-36-56(42-60(58)65)66(53-30-23-46(24-31-53)43-13-6-3-7-14-43)54-32-25-47(26-33-54)44-15-8-4-9-16-44/h3-42H,1-2H3. The van der Waals surface area contributed by atoms with Gasteiger partial charge in [0.2, 0.25) is 0 Å². The number of hydrogen-bond donors (Lipinski definition) is 0. The highest BCUT2D eigenvalue weighted by Gasteiger charge is 2.36. The molecule has 2 heteroatoms. The van der Waals surface area contributed by atoms with Crippen LogP contribution in [-0.4, -0.2) is 4.57 Å². The quantitative estimate of drug-likeness (QED) is 0.138. The number of hydrogen-bond acceptors (Lipinski definition) is 1. The molecule has 0 radical (unpaired) electrons. The predicted molar refractivity (Wildman–Crippen MR) is 283 cm³/mol. The zero-order chi connectivity index (χ0) is 44.6. The van der Waals surface area contributed by atoms with Gasteiger partial charge in [-0.2, -0.15) is 0 Å². The summed E-state index contributed by atoms with van der Waals surface area (Å²) in [7, 11) is 0. The summed E-state index contributed by atoms with van der Waals surface area (Å²) in [5, 5.41) is 5.17. The average Bonchev–Trinajstić information content (AvgIpc) is 3.85. The van der Waals surface area contributed by atoms with Crippen molar-refractivity contribution in [1.82, 2.24) is 4.57 Å². The number of anilines is 3. The van der Waals surface area contributed by atoms with Crippen LogP contribution in [0, 0.1) is 0 Å². The Balaban J connectivity index is 0.898. The van der Waals surface area contributed by atoms with Crippen molar-refractivity contribution in [3.8, 4) is 61.3 Å². The first-order valence-corrected chi connectivity index (χ1v) is 23.3. The van der Waals surface area contributed by atoms with Gasteiger partial charge in [0.15, 0.2) is 0 Å². The fraction of sp³-hybridized carbons (Fsp3) is 0.0462. The lowest BCUT2D eigenvalue weighted by atomic mass is 9.81. The third-order valence-electron chi connectivity index (χ3n) is 14.3. The van der Waals surface area contributed by atoms with Gasteiger partial charge < -0.3 is 9.47 Å². The molecule has 2 nitrogen and oxygen atoms in total. The maximum Gasteiger partial charge on any atom is 0.0553 e. The fourth-order valence-electron chi connectivity index (χ4n) is 10.9. The van der Waals surface area contributed by atoms with Crippen LogP contribution in [-0.2, 0) is 5.41 Å². The first-order valence-electron chi connectivity index (χ1n) is 23.3. The van der Waals surface area contributed by atoms with E-state index in [1.54, 1.807) is 0 Å². The molecule has 12 aromatic rings. The van der Waals surface area contributed by atoms with Gasteiger partial charge in [0.25, 0.3) is 0 Å². The Morgan fingerprint density at radius 3 is 1.36 bits per heavy atom. The molecule has 0 saturated heterocycles. The zero-order valence-electron chi connectivity index (χ0n) is 37.5. The third-order valence-corrected chi connectivity index (χ3v) is 14.3. The molecule has 13 rings (SSSR count). The lowest BCUT2D eigenvalue weighted by Gasteiger charge is -2.28. The summed E-state index contributed by atoms with van der Waals surface area (Å²) >= 11 is 0. The molecule has 0 fully saturated rings. The van der Waals surface area contributed by atoms with Crippen molar-refractivity contribution in [3.05, 3.63) is 254 Å². The lowest BCUT2D eigenvalue weighted by molar-refractivity contribution is 0.660. The van der Waals surface area contributed by atoms with E-state index in [9.17, 15) is 0 Å². The van der Waals surface area contributed by atoms with Gasteiger partial charge in [-0.3, -0.25) is 0 Å². The van der Waals surface area contributed by atoms with Crippen molar-refractivity contribution < 1.29 is 0 Å². The normalized spacial score (nSPS) is 12.7. The number of aromatic nitrogens is 1. The molecule has 0 unspecified atom stereocenters. The van der Waals surface area contributed by atoms with Gasteiger partial charge in [0.05, 0.1) is 11.0 Å². The van der Waals surface area contributed by atoms with Crippen LogP contribution in [0.25, 0.3) is 93.9 Å². The van der Waals surface area contributed by atoms with Gasteiger partial charge in [0.1, 0.15) is 0 Å². The Labute approximate surface area is 391 Å². The van der Waals surface area contributed by atoms with Gasteiger partial charge >= 0.3 is 0 Å². The van der Waals surface area contributed by atoms with E-state index in [0.717, 1.165) is 22.7 Å². The van der Waals surface area contributed by atoms with E-state index < -0.39 is 0 Å². The second-order valence-corrected chi connectivity index (χ2v) is 18.6. The Hall–Kier alpha value is -8.46. The molecular formula is C65H46N2. The maximum atomic E-state index is 2.47. The van der Waals surface area contributed by atoms with Crippen molar-refractivity contribution in [2.75, 3.05) is 4.90 Å². The highest BCUT2D eigenvalue weighted by Crippen LogP contribution is 2.52. The Morgan fingerprint density at radius 1 is 0.313 bits per heavy atom. The first-order chi connectivity index (χ1) is 33.0. The molecule has 1 aliphatic rings. The van der Waals surface area contributed by atoms with Gasteiger partial charge in [0, 0.05) is 38.9 Å². The van der Waals surface area contributed by atoms with Crippen LogP contribution in [0.5, 0.6) is 0 Å². The van der Waals surface area contributed by atoms with Crippen LogP contribution in [0.15, 0.2) is 243 Å². The topological polar surface area (TPSA) is 8.17 Å². The zero-order valence-corrected chi connectivity index (χ0v) is 37.5. The summed E-state index contributed by atoms with van der Waals surface area (Å²) < 4.78 is 2.47. The maximum absolute atomic E-state index is 2.47. The molecule has 0 bridgehead atoms. The van der Waals surface area contributed by atoms with Crippen LogP contribution in [0.1, 0.15) is 25.0 Å². The minimum absolute atomic E-state index is 0.237. The lowest BCUT2D eigenvalue weighted by Crippen LogP contribution is -2.16. The molecular weight excluding hydrogens is 809 g/mol. The SMILES string of the molecule is CC1(C)c2cc(-c3cc4ccc5cccc6c5c4c(c3)n6-c3ccc(-c4ccccc4)cc3)ccc2-c2ccc(N(c3ccc(-c4ccccc4)cc3)c3ccc(-c4ccccc4)cc3)cc21. The minimum Gasteiger partial charge on any atom is -0.310 e. The first kappa shape index (κ1) is 39.0. The summed E-state index contributed by atoms with van der Waals surface area (Å²) in [5.41, 5.74) is 21.8. The van der Waals surface area contributed by atoms with Crippen molar-refractivity contribution in [1.29, 1.82) is 0 Å². The number of rotatable bonds is 8. The molecule has 1 aliphatic carbocycles. The highest BCUT2D eigenvalue weighted by molar-refractivity contribution is 6.25. The van der Waals surface area contributed by atoms with Crippen molar-refractivity contribution in [2.45, 2.75) is 19.3 Å². The summed E-state index contributed by atoms with van der Waals surface area (Å²) in [6.07, 6.45) is 0. The van der Waals surface area contributed by atoms with Crippen LogP contribution in [0.4, 0.5) is 17.1 Å². The molecule has 0 spiro atoms. The smallest absolute Gasteiger partial charge is 0.0553 e. The Morgan fingerprint density at radius 2 is 0.776 bits per heavy atom. The van der Waals surface area contributed by atoms with Crippen LogP contribution in [0.2, 0.25) is 0 Å². The molecule has 316 valence electrons. The fourth-order valence-corrected chi connectivity index (χ4v) is 10.9. The van der Waals surface area contributed by atoms with E-state index in [2.05, 4.69) is 266 Å². The molecule has 67 heavy (non-hydrogen) atoms. The summed E-state index contributed by atoms with van der Waals surface area (Å²) in [6, 6.07) is 89.3. The van der Waals surface area contributed by atoms with Gasteiger partial charge in [-0.25, -0.2) is 0 Å². The largest absolute Gasteiger partial charge is 0.310 e. The average molecular weight is 855 g/mol. The van der Waals surface area contributed by atoms with Crippen LogP contribution in [0.3, 0.4) is 0 Å². The summed E-state index contributed by atoms with van der Waals surface area (Å²) in [4.78, 5) is 2.41. The Kier molecular flexibility index (Phi) is 8.91. The molecule has 0 amide bonds. The van der Waals surface area contributed by atoms with Crippen molar-refractivity contribution >= 4 is 49.6 Å². The molecule has 0 saturated carbocycles. The molecule has 0 atom stereocenters. The van der Waals surface area contributed by atoms with Gasteiger partial charge in [-0.15, -0.1) is 0 Å². The molecule has 1 aromatic heterocycles. The molecule has 0 aliphatic heterocycles. The second kappa shape index (κ2) is 15.3. The van der Waals surface area contributed by atoms with Crippen molar-refractivity contribution in [2.24, 2.45) is 0 Å². The van der Waals surface area contributed by atoms with Crippen LogP contribution >= 0.6 is 0 Å². The molecule has 0 N–H and O–H groups in total. The minimum atomic E-state index is -0.237. The number of benzene rings is 11. The van der Waals surface area contributed by atoms with E-state index >= 15 is 0 Å². The predicted octanol–water partition coefficient (Wildman–Crippen LogP) is 17.8. The summed E-state index contributed by atoms with van der Waals surface area (Å²) in [5.74, 6) is 0. The monoisotopic (exact) mass is 854 g/mol. The van der Waals surface area contributed by atoms with E-state index in [1.165, 1.54) is 99.3 Å². The van der Waals surface area contributed by atoms with Crippen LogP contribution < -0.4 is 4.90 Å². The number of fused-ring (bicyclic) bond motifs is 3. The third kappa shape index (κ3) is 6.40. The van der Waals surface area contributed by atoms with Gasteiger partial charge in [-0.05, 0) is 150 Å². The number of nitrogens with zero attached hydrogens (tertiary/aromatic N) is 2. The highest BCUT2D eigenvalue weighted by atomic mass is 15.1. The molecule has 1 heterocycles. The molecule has 11 aromatic carbocycles. The van der Waals surface area contributed by atoms with E-state index in [-0.39, 0.29) is 5.41 Å². The second-order valence-electron chi connectivity index (χ2n) is 18.6. The van der Waals surface area contributed by atoms with Gasteiger partial charge in [-0.1, -0.05) is 184 Å². The van der Waals surface area contributed by atoms with E-state index in [4.69, 9.17) is 0 Å².